The van der Waals surface area contributed by atoms with Crippen molar-refractivity contribution in [3.63, 3.8) is 0 Å². The Morgan fingerprint density at radius 1 is 1.14 bits per heavy atom. The van der Waals surface area contributed by atoms with Gasteiger partial charge in [-0.25, -0.2) is 4.98 Å². The van der Waals surface area contributed by atoms with E-state index in [1.807, 2.05) is 28.9 Å². The average Bonchev–Trinajstić information content (AvgIpc) is 2.91. The summed E-state index contributed by atoms with van der Waals surface area (Å²) in [6, 6.07) is 10.3. The van der Waals surface area contributed by atoms with Gasteiger partial charge in [0, 0.05) is 23.4 Å². The number of hydrogen-bond acceptors (Lipinski definition) is 3. The summed E-state index contributed by atoms with van der Waals surface area (Å²) in [5.74, 6) is 1.62. The lowest BCUT2D eigenvalue weighted by atomic mass is 10.1. The molecule has 4 nitrogen and oxygen atoms in total. The lowest BCUT2D eigenvalue weighted by molar-refractivity contribution is 0.683. The van der Waals surface area contributed by atoms with E-state index in [0.29, 0.717) is 5.92 Å². The van der Waals surface area contributed by atoms with Crippen molar-refractivity contribution in [2.24, 2.45) is 5.92 Å². The van der Waals surface area contributed by atoms with Crippen LogP contribution in [-0.4, -0.2) is 21.1 Å². The topological polar surface area (TPSA) is 42.2 Å². The minimum Gasteiger partial charge on any atom is -0.369 e. The standard InChI is InChI=1S/C18H22N4/c1-12(2)10-19-17-13(3)14(4)21-18-16(11-20-22(17)18)15-8-6-5-7-9-15/h5-9,11-12,19H,10H2,1-4H3. The Morgan fingerprint density at radius 2 is 1.86 bits per heavy atom. The van der Waals surface area contributed by atoms with E-state index in [0.717, 1.165) is 40.4 Å². The summed E-state index contributed by atoms with van der Waals surface area (Å²) in [7, 11) is 0. The first kappa shape index (κ1) is 14.6. The molecule has 0 radical (unpaired) electrons. The minimum atomic E-state index is 0.576. The highest BCUT2D eigenvalue weighted by Crippen LogP contribution is 2.27. The second kappa shape index (κ2) is 5.79. The van der Waals surface area contributed by atoms with Crippen LogP contribution >= 0.6 is 0 Å². The summed E-state index contributed by atoms with van der Waals surface area (Å²) in [6.07, 6.45) is 1.90. The maximum atomic E-state index is 4.76. The highest BCUT2D eigenvalue weighted by molar-refractivity contribution is 5.78. The SMILES string of the molecule is Cc1nc2c(-c3ccccc3)cnn2c(NCC(C)C)c1C. The number of nitrogens with one attached hydrogen (secondary N) is 1. The molecule has 0 unspecified atom stereocenters. The van der Waals surface area contributed by atoms with Crippen LogP contribution in [0.15, 0.2) is 36.5 Å². The number of anilines is 1. The number of nitrogens with zero attached hydrogens (tertiary/aromatic N) is 3. The van der Waals surface area contributed by atoms with Crippen LogP contribution in [0.25, 0.3) is 16.8 Å². The fourth-order valence-electron chi connectivity index (χ4n) is 2.52. The summed E-state index contributed by atoms with van der Waals surface area (Å²) >= 11 is 0. The largest absolute Gasteiger partial charge is 0.369 e. The second-order valence-electron chi connectivity index (χ2n) is 6.11. The summed E-state index contributed by atoms with van der Waals surface area (Å²) < 4.78 is 1.92. The predicted octanol–water partition coefficient (Wildman–Crippen LogP) is 4.08. The Kier molecular flexibility index (Phi) is 3.84. The number of fused-ring (bicyclic) bond motifs is 1. The molecule has 1 aromatic carbocycles. The molecule has 2 aromatic heterocycles. The molecule has 0 saturated heterocycles. The highest BCUT2D eigenvalue weighted by atomic mass is 15.3. The maximum absolute atomic E-state index is 4.76. The van der Waals surface area contributed by atoms with Crippen LogP contribution in [-0.2, 0) is 0 Å². The van der Waals surface area contributed by atoms with E-state index in [2.05, 4.69) is 50.2 Å². The zero-order valence-corrected chi connectivity index (χ0v) is 13.6. The quantitative estimate of drug-likeness (QED) is 0.788. The van der Waals surface area contributed by atoms with Crippen LogP contribution < -0.4 is 5.32 Å². The van der Waals surface area contributed by atoms with Gasteiger partial charge >= 0.3 is 0 Å². The monoisotopic (exact) mass is 294 g/mol. The van der Waals surface area contributed by atoms with Crippen molar-refractivity contribution >= 4 is 11.5 Å². The summed E-state index contributed by atoms with van der Waals surface area (Å²) in [5, 5.41) is 8.09. The van der Waals surface area contributed by atoms with E-state index < -0.39 is 0 Å². The normalized spacial score (nSPS) is 11.3. The van der Waals surface area contributed by atoms with Gasteiger partial charge in [0.15, 0.2) is 5.65 Å². The zero-order chi connectivity index (χ0) is 15.7. The van der Waals surface area contributed by atoms with Crippen LogP contribution in [0.1, 0.15) is 25.1 Å². The van der Waals surface area contributed by atoms with Crippen LogP contribution in [0.5, 0.6) is 0 Å². The molecule has 0 saturated carbocycles. The Labute approximate surface area is 131 Å². The van der Waals surface area contributed by atoms with Gasteiger partial charge in [-0.2, -0.15) is 9.61 Å². The third-order valence-electron chi connectivity index (χ3n) is 3.89. The molecule has 0 aliphatic heterocycles. The van der Waals surface area contributed by atoms with Crippen molar-refractivity contribution in [2.75, 3.05) is 11.9 Å². The molecule has 22 heavy (non-hydrogen) atoms. The van der Waals surface area contributed by atoms with E-state index in [4.69, 9.17) is 4.98 Å². The fourth-order valence-corrected chi connectivity index (χ4v) is 2.52. The van der Waals surface area contributed by atoms with Gasteiger partial charge in [0.25, 0.3) is 0 Å². The van der Waals surface area contributed by atoms with Crippen LogP contribution in [0.2, 0.25) is 0 Å². The van der Waals surface area contributed by atoms with Gasteiger partial charge in [-0.1, -0.05) is 44.2 Å². The number of aryl methyl sites for hydroxylation is 1. The minimum absolute atomic E-state index is 0.576. The molecule has 0 atom stereocenters. The Morgan fingerprint density at radius 3 is 2.55 bits per heavy atom. The average molecular weight is 294 g/mol. The van der Waals surface area contributed by atoms with Gasteiger partial charge in [0.05, 0.1) is 6.20 Å². The fraction of sp³-hybridized carbons (Fsp3) is 0.333. The molecular weight excluding hydrogens is 272 g/mol. The molecule has 0 amide bonds. The Bertz CT molecular complexity index is 788. The molecule has 0 fully saturated rings. The van der Waals surface area contributed by atoms with Crippen molar-refractivity contribution < 1.29 is 0 Å². The van der Waals surface area contributed by atoms with Crippen LogP contribution in [0.3, 0.4) is 0 Å². The first-order valence-corrected chi connectivity index (χ1v) is 7.72. The molecule has 0 aliphatic rings. The van der Waals surface area contributed by atoms with Gasteiger partial charge < -0.3 is 5.32 Å². The molecule has 0 bridgehead atoms. The van der Waals surface area contributed by atoms with E-state index in [1.54, 1.807) is 0 Å². The molecule has 3 rings (SSSR count). The molecule has 0 aliphatic carbocycles. The molecular formula is C18H22N4. The van der Waals surface area contributed by atoms with E-state index in [1.165, 1.54) is 0 Å². The Balaban J connectivity index is 2.16. The number of benzene rings is 1. The zero-order valence-electron chi connectivity index (χ0n) is 13.6. The van der Waals surface area contributed by atoms with Gasteiger partial charge in [-0.15, -0.1) is 0 Å². The molecule has 2 heterocycles. The first-order valence-electron chi connectivity index (χ1n) is 7.72. The summed E-state index contributed by atoms with van der Waals surface area (Å²) in [5.41, 5.74) is 5.30. The molecule has 4 heteroatoms. The number of rotatable bonds is 4. The van der Waals surface area contributed by atoms with Gasteiger partial charge in [0.1, 0.15) is 5.82 Å². The third kappa shape index (κ3) is 2.56. The molecule has 3 aromatic rings. The lowest BCUT2D eigenvalue weighted by Crippen LogP contribution is -2.14. The van der Waals surface area contributed by atoms with Crippen molar-refractivity contribution in [3.05, 3.63) is 47.8 Å². The van der Waals surface area contributed by atoms with Crippen LogP contribution in [0, 0.1) is 19.8 Å². The summed E-state index contributed by atoms with van der Waals surface area (Å²) in [6.45, 7) is 9.46. The number of aromatic nitrogens is 3. The maximum Gasteiger partial charge on any atom is 0.165 e. The molecule has 1 N–H and O–H groups in total. The smallest absolute Gasteiger partial charge is 0.165 e. The predicted molar refractivity (Wildman–Crippen MR) is 91.2 cm³/mol. The molecule has 114 valence electrons. The van der Waals surface area contributed by atoms with Gasteiger partial charge in [0.2, 0.25) is 0 Å². The van der Waals surface area contributed by atoms with E-state index in [-0.39, 0.29) is 0 Å². The van der Waals surface area contributed by atoms with Crippen LogP contribution in [0.4, 0.5) is 5.82 Å². The first-order chi connectivity index (χ1) is 10.6. The van der Waals surface area contributed by atoms with Crippen molar-refractivity contribution in [1.82, 2.24) is 14.6 Å². The Hall–Kier alpha value is -2.36. The van der Waals surface area contributed by atoms with Crippen molar-refractivity contribution in [1.29, 1.82) is 0 Å². The number of hydrogen-bond donors (Lipinski definition) is 1. The lowest BCUT2D eigenvalue weighted by Gasteiger charge is -2.15. The second-order valence-corrected chi connectivity index (χ2v) is 6.11. The van der Waals surface area contributed by atoms with Crippen molar-refractivity contribution in [3.8, 4) is 11.1 Å². The van der Waals surface area contributed by atoms with E-state index in [9.17, 15) is 0 Å². The molecule has 0 spiro atoms. The summed E-state index contributed by atoms with van der Waals surface area (Å²) in [4.78, 5) is 4.76. The van der Waals surface area contributed by atoms with Gasteiger partial charge in [-0.05, 0) is 25.3 Å². The van der Waals surface area contributed by atoms with E-state index >= 15 is 0 Å². The third-order valence-corrected chi connectivity index (χ3v) is 3.89. The highest BCUT2D eigenvalue weighted by Gasteiger charge is 2.15. The van der Waals surface area contributed by atoms with Gasteiger partial charge in [-0.3, -0.25) is 0 Å². The van der Waals surface area contributed by atoms with Crippen molar-refractivity contribution in [2.45, 2.75) is 27.7 Å².